The van der Waals surface area contributed by atoms with E-state index >= 15 is 0 Å². The Kier molecular flexibility index (Phi) is 6.81. The quantitative estimate of drug-likeness (QED) is 0.482. The number of rotatable bonds is 7. The van der Waals surface area contributed by atoms with Gasteiger partial charge in [-0.05, 0) is 68.0 Å². The van der Waals surface area contributed by atoms with Gasteiger partial charge in [-0.15, -0.1) is 0 Å². The summed E-state index contributed by atoms with van der Waals surface area (Å²) in [6, 6.07) is 11.7. The van der Waals surface area contributed by atoms with Gasteiger partial charge in [-0.2, -0.15) is 0 Å². The summed E-state index contributed by atoms with van der Waals surface area (Å²) in [5, 5.41) is 6.38. The molecule has 144 valence electrons. The van der Waals surface area contributed by atoms with Gasteiger partial charge in [0.1, 0.15) is 5.75 Å². The van der Waals surface area contributed by atoms with Crippen molar-refractivity contribution in [3.8, 4) is 5.75 Å². The summed E-state index contributed by atoms with van der Waals surface area (Å²) in [6.45, 7) is 7.97. The van der Waals surface area contributed by atoms with Crippen molar-refractivity contribution in [1.82, 2.24) is 5.32 Å². The third-order valence-electron chi connectivity index (χ3n) is 3.63. The Morgan fingerprint density at radius 3 is 2.37 bits per heavy atom. The fourth-order valence-corrected chi connectivity index (χ4v) is 3.76. The molecule has 0 fully saturated rings. The molecule has 27 heavy (non-hydrogen) atoms. The lowest BCUT2D eigenvalue weighted by Crippen LogP contribution is -2.29. The van der Waals surface area contributed by atoms with Gasteiger partial charge in [0.05, 0.1) is 12.0 Å². The minimum absolute atomic E-state index is 0.172. The second kappa shape index (κ2) is 8.88. The molecule has 0 saturated carbocycles. The van der Waals surface area contributed by atoms with Crippen molar-refractivity contribution in [3.63, 3.8) is 0 Å². The molecule has 0 amide bonds. The van der Waals surface area contributed by atoms with E-state index in [0.29, 0.717) is 34.3 Å². The van der Waals surface area contributed by atoms with Crippen LogP contribution in [0, 0.1) is 6.92 Å². The number of anilines is 2. The molecule has 0 bridgehead atoms. The first-order valence-corrected chi connectivity index (χ1v) is 10.1. The lowest BCUT2D eigenvalue weighted by molar-refractivity contribution is 0.415. The predicted molar refractivity (Wildman–Crippen MR) is 114 cm³/mol. The Morgan fingerprint density at radius 2 is 1.78 bits per heavy atom. The Balaban J connectivity index is 2.20. The van der Waals surface area contributed by atoms with Crippen LogP contribution >= 0.6 is 12.2 Å². The van der Waals surface area contributed by atoms with Gasteiger partial charge < -0.3 is 15.4 Å². The van der Waals surface area contributed by atoms with Gasteiger partial charge in [0, 0.05) is 17.9 Å². The van der Waals surface area contributed by atoms with Crippen LogP contribution in [0.25, 0.3) is 0 Å². The molecule has 0 saturated heterocycles. The van der Waals surface area contributed by atoms with Crippen molar-refractivity contribution in [3.05, 3.63) is 60.2 Å². The Bertz CT molecular complexity index is 939. The number of thiocarbonyl (C=S) groups is 1. The zero-order valence-corrected chi connectivity index (χ0v) is 17.1. The van der Waals surface area contributed by atoms with Crippen LogP contribution in [0.4, 0.5) is 11.4 Å². The monoisotopic (exact) mass is 405 g/mol. The van der Waals surface area contributed by atoms with Crippen LogP contribution in [0.1, 0.15) is 12.5 Å². The molecular weight excluding hydrogens is 382 g/mol. The first kappa shape index (κ1) is 20.7. The molecule has 0 atom stereocenters. The Hall–Kier alpha value is -2.58. The van der Waals surface area contributed by atoms with Crippen LogP contribution < -0.4 is 20.1 Å². The molecule has 0 aliphatic carbocycles. The van der Waals surface area contributed by atoms with Crippen molar-refractivity contribution in [1.29, 1.82) is 0 Å². The van der Waals surface area contributed by atoms with Crippen LogP contribution in [0.15, 0.2) is 59.5 Å². The van der Waals surface area contributed by atoms with Crippen LogP contribution in [-0.2, 0) is 10.0 Å². The molecule has 0 radical (unpaired) electrons. The molecule has 2 rings (SSSR count). The number of aryl methyl sites for hydroxylation is 1. The highest BCUT2D eigenvalue weighted by atomic mass is 32.2. The first-order valence-electron chi connectivity index (χ1n) is 8.18. The highest BCUT2D eigenvalue weighted by molar-refractivity contribution is 7.92. The smallest absolute Gasteiger partial charge is 0.262 e. The summed E-state index contributed by atoms with van der Waals surface area (Å²) in [7, 11) is -2.20. The van der Waals surface area contributed by atoms with Crippen LogP contribution in [0.3, 0.4) is 0 Å². The Morgan fingerprint density at radius 1 is 1.15 bits per heavy atom. The molecule has 0 spiro atoms. The number of ether oxygens (including phenoxy) is 1. The van der Waals surface area contributed by atoms with Crippen molar-refractivity contribution in [2.75, 3.05) is 23.7 Å². The number of hydrogen-bond donors (Lipinski definition) is 3. The van der Waals surface area contributed by atoms with E-state index in [-0.39, 0.29) is 4.90 Å². The number of nitrogens with one attached hydrogen (secondary N) is 3. The molecule has 0 aromatic heterocycles. The molecule has 2 aromatic carbocycles. The summed E-state index contributed by atoms with van der Waals surface area (Å²) < 4.78 is 33.3. The van der Waals surface area contributed by atoms with Crippen molar-refractivity contribution >= 4 is 38.7 Å². The molecule has 8 heteroatoms. The number of benzene rings is 2. The highest BCUT2D eigenvalue weighted by Crippen LogP contribution is 2.24. The fraction of sp³-hybridized carbons (Fsp3) is 0.211. The van der Waals surface area contributed by atoms with Crippen molar-refractivity contribution in [2.24, 2.45) is 0 Å². The predicted octanol–water partition coefficient (Wildman–Crippen LogP) is 3.67. The molecule has 0 aliphatic rings. The van der Waals surface area contributed by atoms with Gasteiger partial charge in [-0.25, -0.2) is 8.42 Å². The van der Waals surface area contributed by atoms with Crippen LogP contribution in [0.5, 0.6) is 5.75 Å². The van der Waals surface area contributed by atoms with Gasteiger partial charge in [-0.1, -0.05) is 18.2 Å². The standard InChI is InChI=1S/C19H23N3O3S2/c1-13(2)12-20-19(26)21-16-6-5-14(3)18(11-16)27(23,24)22-15-7-9-17(25-4)10-8-15/h5-11,22H,1,12H2,2-4H3,(H2,20,21,26). The topological polar surface area (TPSA) is 79.5 Å². The van der Waals surface area contributed by atoms with E-state index in [1.807, 2.05) is 6.92 Å². The van der Waals surface area contributed by atoms with E-state index < -0.39 is 10.0 Å². The second-order valence-electron chi connectivity index (χ2n) is 6.08. The van der Waals surface area contributed by atoms with E-state index in [0.717, 1.165) is 5.57 Å². The van der Waals surface area contributed by atoms with Crippen molar-refractivity contribution < 1.29 is 13.2 Å². The minimum Gasteiger partial charge on any atom is -0.497 e. The third-order valence-corrected chi connectivity index (χ3v) is 5.40. The lowest BCUT2D eigenvalue weighted by Gasteiger charge is -2.14. The van der Waals surface area contributed by atoms with E-state index in [1.54, 1.807) is 56.5 Å². The van der Waals surface area contributed by atoms with E-state index in [2.05, 4.69) is 21.9 Å². The summed E-state index contributed by atoms with van der Waals surface area (Å²) >= 11 is 5.21. The van der Waals surface area contributed by atoms with E-state index in [1.165, 1.54) is 0 Å². The SMILES string of the molecule is C=C(C)CNC(=S)Nc1ccc(C)c(S(=O)(=O)Nc2ccc(OC)cc2)c1. The van der Waals surface area contributed by atoms with Gasteiger partial charge in [0.25, 0.3) is 10.0 Å². The maximum Gasteiger partial charge on any atom is 0.262 e. The van der Waals surface area contributed by atoms with Gasteiger partial charge in [0.15, 0.2) is 5.11 Å². The second-order valence-corrected chi connectivity index (χ2v) is 8.14. The number of hydrogen-bond acceptors (Lipinski definition) is 4. The lowest BCUT2D eigenvalue weighted by atomic mass is 10.2. The summed E-state index contributed by atoms with van der Waals surface area (Å²) in [5.74, 6) is 0.649. The third kappa shape index (κ3) is 5.97. The van der Waals surface area contributed by atoms with Gasteiger partial charge in [0.2, 0.25) is 0 Å². The highest BCUT2D eigenvalue weighted by Gasteiger charge is 2.18. The Labute approximate surface area is 165 Å². The molecule has 2 aromatic rings. The normalized spacial score (nSPS) is 10.8. The molecule has 0 heterocycles. The van der Waals surface area contributed by atoms with Crippen LogP contribution in [-0.4, -0.2) is 27.2 Å². The minimum atomic E-state index is -3.76. The average molecular weight is 406 g/mol. The van der Waals surface area contributed by atoms with Crippen LogP contribution in [0.2, 0.25) is 0 Å². The van der Waals surface area contributed by atoms with Gasteiger partial charge in [-0.3, -0.25) is 4.72 Å². The average Bonchev–Trinajstić information content (AvgIpc) is 2.62. The maximum absolute atomic E-state index is 12.8. The summed E-state index contributed by atoms with van der Waals surface area (Å²) in [5.41, 5.74) is 2.60. The molecule has 6 nitrogen and oxygen atoms in total. The zero-order chi connectivity index (χ0) is 20.0. The molecular formula is C19H23N3O3S2. The fourth-order valence-electron chi connectivity index (χ4n) is 2.24. The zero-order valence-electron chi connectivity index (χ0n) is 15.5. The van der Waals surface area contributed by atoms with Gasteiger partial charge >= 0.3 is 0 Å². The number of methoxy groups -OCH3 is 1. The van der Waals surface area contributed by atoms with E-state index in [4.69, 9.17) is 17.0 Å². The van der Waals surface area contributed by atoms with Crippen molar-refractivity contribution in [2.45, 2.75) is 18.7 Å². The first-order chi connectivity index (χ1) is 12.7. The maximum atomic E-state index is 12.8. The summed E-state index contributed by atoms with van der Waals surface area (Å²) in [4.78, 5) is 0.172. The van der Waals surface area contributed by atoms with E-state index in [9.17, 15) is 8.42 Å². The molecule has 0 aliphatic heterocycles. The summed E-state index contributed by atoms with van der Waals surface area (Å²) in [6.07, 6.45) is 0. The molecule has 0 unspecified atom stereocenters. The largest absolute Gasteiger partial charge is 0.497 e. The molecule has 3 N–H and O–H groups in total. The number of sulfonamides is 1.